The first-order valence-corrected chi connectivity index (χ1v) is 10.5. The molecule has 160 valence electrons. The van der Waals surface area contributed by atoms with Gasteiger partial charge >= 0.3 is 5.97 Å². The van der Waals surface area contributed by atoms with E-state index in [9.17, 15) is 19.8 Å². The number of allylic oxidation sites excluding steroid dienone is 2. The average molecular weight is 395 g/mol. The third-order valence-corrected chi connectivity index (χ3v) is 5.53. The number of carbonyl (C=O) groups is 2. The number of esters is 1. The Bertz CT molecular complexity index is 549. The summed E-state index contributed by atoms with van der Waals surface area (Å²) in [7, 11) is 1.39. The maximum atomic E-state index is 12.3. The first-order chi connectivity index (χ1) is 13.2. The van der Waals surface area contributed by atoms with Gasteiger partial charge in [-0.2, -0.15) is 0 Å². The van der Waals surface area contributed by atoms with E-state index in [4.69, 9.17) is 0 Å². The van der Waals surface area contributed by atoms with Gasteiger partial charge in [0.25, 0.3) is 0 Å². The molecule has 0 amide bonds. The van der Waals surface area contributed by atoms with Crippen LogP contribution < -0.4 is 0 Å². The lowest BCUT2D eigenvalue weighted by atomic mass is 9.88. The van der Waals surface area contributed by atoms with E-state index in [1.807, 2.05) is 25.2 Å². The number of aliphatic hydroxyl groups excluding tert-OH is 1. The van der Waals surface area contributed by atoms with Crippen molar-refractivity contribution in [1.82, 2.24) is 0 Å². The highest BCUT2D eigenvalue weighted by atomic mass is 16.5. The van der Waals surface area contributed by atoms with Gasteiger partial charge in [-0.15, -0.1) is 0 Å². The molecule has 0 heterocycles. The number of methoxy groups -OCH3 is 1. The molecule has 0 bridgehead atoms. The van der Waals surface area contributed by atoms with Crippen LogP contribution in [0.5, 0.6) is 0 Å². The fourth-order valence-electron chi connectivity index (χ4n) is 3.68. The zero-order valence-electron chi connectivity index (χ0n) is 17.9. The molecule has 0 aromatic heterocycles. The predicted octanol–water partition coefficient (Wildman–Crippen LogP) is 3.98. The molecule has 0 saturated heterocycles. The summed E-state index contributed by atoms with van der Waals surface area (Å²) < 4.78 is 4.67. The minimum atomic E-state index is -0.912. The van der Waals surface area contributed by atoms with E-state index < -0.39 is 11.7 Å². The molecule has 0 spiro atoms. The summed E-state index contributed by atoms with van der Waals surface area (Å²) in [6.07, 6.45) is 12.5. The van der Waals surface area contributed by atoms with Gasteiger partial charge < -0.3 is 14.9 Å². The lowest BCUT2D eigenvalue weighted by Gasteiger charge is -2.22. The Labute approximate surface area is 169 Å². The van der Waals surface area contributed by atoms with E-state index >= 15 is 0 Å². The Morgan fingerprint density at radius 3 is 2.71 bits per heavy atom. The minimum absolute atomic E-state index is 0.0695. The van der Waals surface area contributed by atoms with Crippen LogP contribution >= 0.6 is 0 Å². The highest BCUT2D eigenvalue weighted by molar-refractivity contribution is 5.84. The van der Waals surface area contributed by atoms with Gasteiger partial charge in [0.05, 0.1) is 18.8 Å². The molecular formula is C23H38O5. The fraction of sp³-hybridized carbons (Fsp3) is 0.739. The van der Waals surface area contributed by atoms with E-state index in [2.05, 4.69) is 11.7 Å². The zero-order chi connectivity index (χ0) is 21.2. The number of hydrogen-bond acceptors (Lipinski definition) is 5. The second-order valence-electron chi connectivity index (χ2n) is 8.42. The molecule has 1 rings (SSSR count). The third kappa shape index (κ3) is 8.70. The third-order valence-electron chi connectivity index (χ3n) is 5.53. The highest BCUT2D eigenvalue weighted by Gasteiger charge is 2.39. The standard InChI is InChI=1S/C23H38O5/c1-5-6-9-13-23(3,27)14-12-19-18(20(24)16-21(19)25)11-8-7-10-17(2)15-22(26)28-4/h7-8,12,14,17-19,21,25,27H,5-6,9-11,13,15-16H2,1-4H3/b8-7-,14-12+/t17?,18-,19-,21-,23+/m1/s1. The van der Waals surface area contributed by atoms with Gasteiger partial charge in [-0.3, -0.25) is 9.59 Å². The van der Waals surface area contributed by atoms with Gasteiger partial charge in [-0.05, 0) is 32.1 Å². The average Bonchev–Trinajstić information content (AvgIpc) is 2.89. The molecule has 1 saturated carbocycles. The van der Waals surface area contributed by atoms with Crippen molar-refractivity contribution in [2.24, 2.45) is 17.8 Å². The molecule has 0 aromatic rings. The van der Waals surface area contributed by atoms with Crippen molar-refractivity contribution in [1.29, 1.82) is 0 Å². The number of unbranched alkanes of at least 4 members (excludes halogenated alkanes) is 2. The number of hydrogen-bond donors (Lipinski definition) is 2. The first kappa shape index (κ1) is 24.6. The number of ketones is 1. The fourth-order valence-corrected chi connectivity index (χ4v) is 3.68. The van der Waals surface area contributed by atoms with Crippen LogP contribution in [0.25, 0.3) is 0 Å². The van der Waals surface area contributed by atoms with Crippen LogP contribution in [-0.4, -0.2) is 40.8 Å². The lowest BCUT2D eigenvalue weighted by Crippen LogP contribution is -2.23. The second kappa shape index (κ2) is 12.2. The second-order valence-corrected chi connectivity index (χ2v) is 8.42. The monoisotopic (exact) mass is 394 g/mol. The molecule has 5 atom stereocenters. The molecule has 0 aliphatic heterocycles. The SMILES string of the molecule is CCCCC[C@](C)(O)/C=C/[C@H]1[C@H](O)CC(=O)[C@@H]1C/C=C\CC(C)CC(=O)OC. The summed E-state index contributed by atoms with van der Waals surface area (Å²) in [6, 6.07) is 0. The maximum Gasteiger partial charge on any atom is 0.305 e. The summed E-state index contributed by atoms with van der Waals surface area (Å²) in [5.74, 6) is -0.485. The van der Waals surface area contributed by atoms with E-state index in [1.54, 1.807) is 13.0 Å². The van der Waals surface area contributed by atoms with Crippen LogP contribution in [0.3, 0.4) is 0 Å². The zero-order valence-corrected chi connectivity index (χ0v) is 17.9. The number of aliphatic hydroxyl groups is 2. The Hall–Kier alpha value is -1.46. The molecule has 1 aliphatic rings. The van der Waals surface area contributed by atoms with Crippen molar-refractivity contribution in [3.05, 3.63) is 24.3 Å². The van der Waals surface area contributed by atoms with Crippen molar-refractivity contribution in [2.45, 2.75) is 83.8 Å². The summed E-state index contributed by atoms with van der Waals surface area (Å²) in [5, 5.41) is 20.8. The molecule has 28 heavy (non-hydrogen) atoms. The van der Waals surface area contributed by atoms with Crippen LogP contribution in [-0.2, 0) is 14.3 Å². The smallest absolute Gasteiger partial charge is 0.305 e. The molecular weight excluding hydrogens is 356 g/mol. The number of ether oxygens (including phenoxy) is 1. The quantitative estimate of drug-likeness (QED) is 0.297. The summed E-state index contributed by atoms with van der Waals surface area (Å²) >= 11 is 0. The van der Waals surface area contributed by atoms with Gasteiger partial charge in [0.15, 0.2) is 0 Å². The predicted molar refractivity (Wildman–Crippen MR) is 111 cm³/mol. The van der Waals surface area contributed by atoms with Crippen molar-refractivity contribution < 1.29 is 24.5 Å². The Kier molecular flexibility index (Phi) is 10.7. The van der Waals surface area contributed by atoms with Crippen LogP contribution in [0, 0.1) is 17.8 Å². The lowest BCUT2D eigenvalue weighted by molar-refractivity contribution is -0.141. The Morgan fingerprint density at radius 1 is 1.36 bits per heavy atom. The molecule has 1 fully saturated rings. The van der Waals surface area contributed by atoms with Crippen LogP contribution in [0.1, 0.15) is 72.1 Å². The van der Waals surface area contributed by atoms with Crippen LogP contribution in [0.2, 0.25) is 0 Å². The first-order valence-electron chi connectivity index (χ1n) is 10.5. The summed E-state index contributed by atoms with van der Waals surface area (Å²) in [4.78, 5) is 23.6. The van der Waals surface area contributed by atoms with E-state index in [-0.39, 0.29) is 35.9 Å². The summed E-state index contributed by atoms with van der Waals surface area (Å²) in [6.45, 7) is 5.89. The molecule has 1 unspecified atom stereocenters. The molecule has 1 aliphatic carbocycles. The minimum Gasteiger partial charge on any atom is -0.469 e. The van der Waals surface area contributed by atoms with E-state index in [1.165, 1.54) is 7.11 Å². The van der Waals surface area contributed by atoms with Gasteiger partial charge in [0.1, 0.15) is 5.78 Å². The van der Waals surface area contributed by atoms with Gasteiger partial charge in [-0.1, -0.05) is 57.4 Å². The van der Waals surface area contributed by atoms with Gasteiger partial charge in [0.2, 0.25) is 0 Å². The van der Waals surface area contributed by atoms with E-state index in [0.29, 0.717) is 19.3 Å². The highest BCUT2D eigenvalue weighted by Crippen LogP contribution is 2.34. The van der Waals surface area contributed by atoms with Gasteiger partial charge in [0, 0.05) is 24.7 Å². The van der Waals surface area contributed by atoms with E-state index in [0.717, 1.165) is 25.7 Å². The number of Topliss-reactive ketones (excluding diaryl/α,β-unsaturated/α-hetero) is 1. The molecule has 5 nitrogen and oxygen atoms in total. The molecule has 5 heteroatoms. The maximum absolute atomic E-state index is 12.3. The molecule has 2 N–H and O–H groups in total. The topological polar surface area (TPSA) is 83.8 Å². The number of carbonyl (C=O) groups excluding carboxylic acids is 2. The van der Waals surface area contributed by atoms with Crippen LogP contribution in [0.4, 0.5) is 0 Å². The Balaban J connectivity index is 2.61. The molecule has 0 radical (unpaired) electrons. The van der Waals surface area contributed by atoms with Crippen LogP contribution in [0.15, 0.2) is 24.3 Å². The van der Waals surface area contributed by atoms with Crippen molar-refractivity contribution in [3.8, 4) is 0 Å². The molecule has 0 aromatic carbocycles. The van der Waals surface area contributed by atoms with Crippen molar-refractivity contribution >= 4 is 11.8 Å². The normalized spacial score (nSPS) is 26.1. The summed E-state index contributed by atoms with van der Waals surface area (Å²) in [5.41, 5.74) is -0.912. The number of rotatable bonds is 12. The van der Waals surface area contributed by atoms with Gasteiger partial charge in [-0.25, -0.2) is 0 Å². The van der Waals surface area contributed by atoms with Crippen molar-refractivity contribution in [2.75, 3.05) is 7.11 Å². The van der Waals surface area contributed by atoms with Crippen molar-refractivity contribution in [3.63, 3.8) is 0 Å². The largest absolute Gasteiger partial charge is 0.469 e. The Morgan fingerprint density at radius 2 is 2.07 bits per heavy atom.